The van der Waals surface area contributed by atoms with Crippen LogP contribution in [0.25, 0.3) is 0 Å². The Bertz CT molecular complexity index is 868. The van der Waals surface area contributed by atoms with E-state index in [2.05, 4.69) is 5.10 Å². The largest absolute Gasteiger partial charge is 0.496 e. The molecule has 140 valence electrons. The van der Waals surface area contributed by atoms with Crippen molar-refractivity contribution in [1.82, 2.24) is 5.01 Å². The predicted molar refractivity (Wildman–Crippen MR) is 102 cm³/mol. The molecule has 0 fully saturated rings. The maximum absolute atomic E-state index is 12.3. The molecule has 0 N–H and O–H groups in total. The molecule has 0 spiro atoms. The highest BCUT2D eigenvalue weighted by Crippen LogP contribution is 2.23. The van der Waals surface area contributed by atoms with Gasteiger partial charge in [-0.3, -0.25) is 9.59 Å². The first-order valence-corrected chi connectivity index (χ1v) is 8.86. The molecule has 2 aromatic carbocycles. The summed E-state index contributed by atoms with van der Waals surface area (Å²) < 4.78 is 10.3. The Kier molecular flexibility index (Phi) is 6.08. The molecule has 2 aromatic rings. The molecule has 0 bridgehead atoms. The third kappa shape index (κ3) is 4.86. The topological polar surface area (TPSA) is 68.2 Å². The maximum atomic E-state index is 12.3. The lowest BCUT2D eigenvalue weighted by Crippen LogP contribution is -2.29. The first kappa shape index (κ1) is 18.9. The van der Waals surface area contributed by atoms with Crippen molar-refractivity contribution in [2.75, 3.05) is 20.3 Å². The van der Waals surface area contributed by atoms with Gasteiger partial charge in [-0.25, -0.2) is 5.01 Å². The quantitative estimate of drug-likeness (QED) is 0.715. The van der Waals surface area contributed by atoms with Crippen molar-refractivity contribution in [3.63, 3.8) is 0 Å². The molecular weight excluding hydrogens is 368 g/mol. The third-order valence-electron chi connectivity index (χ3n) is 4.13. The summed E-state index contributed by atoms with van der Waals surface area (Å²) >= 11 is 5.95. The molecule has 3 rings (SSSR count). The summed E-state index contributed by atoms with van der Waals surface area (Å²) in [7, 11) is 1.51. The second-order valence-electron chi connectivity index (χ2n) is 5.97. The van der Waals surface area contributed by atoms with Gasteiger partial charge in [0.05, 0.1) is 25.8 Å². The van der Waals surface area contributed by atoms with Crippen molar-refractivity contribution in [2.24, 2.45) is 5.10 Å². The summed E-state index contributed by atoms with van der Waals surface area (Å²) in [4.78, 5) is 24.3. The molecule has 1 aliphatic rings. The maximum Gasteiger partial charge on any atom is 0.310 e. The molecule has 0 saturated heterocycles. The van der Waals surface area contributed by atoms with E-state index in [1.165, 1.54) is 12.1 Å². The number of hydrazone groups is 1. The number of esters is 1. The Hall–Kier alpha value is -2.86. The zero-order chi connectivity index (χ0) is 19.2. The molecule has 1 heterocycles. The minimum absolute atomic E-state index is 0.0322. The molecule has 0 unspecified atom stereocenters. The van der Waals surface area contributed by atoms with Crippen LogP contribution in [-0.4, -0.2) is 42.9 Å². The number of nitrogens with zero attached hydrogens (tertiary/aromatic N) is 2. The Morgan fingerprint density at radius 2 is 1.96 bits per heavy atom. The zero-order valence-electron chi connectivity index (χ0n) is 14.9. The number of methoxy groups -OCH3 is 1. The Morgan fingerprint density at radius 3 is 2.70 bits per heavy atom. The molecule has 0 atom stereocenters. The minimum Gasteiger partial charge on any atom is -0.496 e. The summed E-state index contributed by atoms with van der Waals surface area (Å²) in [5, 5.41) is 6.17. The van der Waals surface area contributed by atoms with Crippen molar-refractivity contribution in [3.8, 4) is 5.75 Å². The Morgan fingerprint density at radius 1 is 1.19 bits per heavy atom. The van der Waals surface area contributed by atoms with Crippen molar-refractivity contribution >= 4 is 29.2 Å². The van der Waals surface area contributed by atoms with E-state index >= 15 is 0 Å². The van der Waals surface area contributed by atoms with E-state index in [4.69, 9.17) is 21.1 Å². The van der Waals surface area contributed by atoms with Crippen LogP contribution < -0.4 is 4.74 Å². The Balaban J connectivity index is 1.54. The highest BCUT2D eigenvalue weighted by Gasteiger charge is 2.22. The predicted octanol–water partition coefficient (Wildman–Crippen LogP) is 3.07. The Labute approximate surface area is 162 Å². The van der Waals surface area contributed by atoms with E-state index in [9.17, 15) is 9.59 Å². The van der Waals surface area contributed by atoms with Crippen LogP contribution in [0.15, 0.2) is 53.6 Å². The molecular formula is C20H19ClN2O4. The first-order chi connectivity index (χ1) is 13.1. The molecule has 7 heteroatoms. The highest BCUT2D eigenvalue weighted by atomic mass is 35.5. The number of carbonyl (C=O) groups is 2. The number of ether oxygens (including phenoxy) is 2. The lowest BCUT2D eigenvalue weighted by Gasteiger charge is -2.12. The van der Waals surface area contributed by atoms with Gasteiger partial charge in [0.25, 0.3) is 5.91 Å². The third-order valence-corrected chi connectivity index (χ3v) is 4.37. The lowest BCUT2D eigenvalue weighted by molar-refractivity contribution is -0.151. The van der Waals surface area contributed by atoms with Gasteiger partial charge in [0.2, 0.25) is 0 Å². The summed E-state index contributed by atoms with van der Waals surface area (Å²) in [5.74, 6) is -0.345. The van der Waals surface area contributed by atoms with Crippen LogP contribution in [0.2, 0.25) is 5.02 Å². The van der Waals surface area contributed by atoms with Gasteiger partial charge in [0, 0.05) is 17.0 Å². The van der Waals surface area contributed by atoms with Crippen molar-refractivity contribution < 1.29 is 19.1 Å². The minimum atomic E-state index is -0.532. The smallest absolute Gasteiger partial charge is 0.310 e. The van der Waals surface area contributed by atoms with Crippen LogP contribution in [-0.2, 0) is 20.7 Å². The van der Waals surface area contributed by atoms with E-state index in [1.807, 2.05) is 30.3 Å². The van der Waals surface area contributed by atoms with E-state index < -0.39 is 5.97 Å². The van der Waals surface area contributed by atoms with Gasteiger partial charge in [-0.1, -0.05) is 41.9 Å². The van der Waals surface area contributed by atoms with E-state index in [1.54, 1.807) is 18.2 Å². The van der Waals surface area contributed by atoms with Crippen LogP contribution in [0.4, 0.5) is 0 Å². The van der Waals surface area contributed by atoms with Gasteiger partial charge >= 0.3 is 5.97 Å². The SMILES string of the molecule is COc1ccc(Cl)cc1CC(=O)OCC(=O)N1CCC(c2ccccc2)=N1. The number of carbonyl (C=O) groups excluding carboxylic acids is 2. The van der Waals surface area contributed by atoms with Crippen LogP contribution in [0.5, 0.6) is 5.75 Å². The average Bonchev–Trinajstić information content (AvgIpc) is 3.17. The molecule has 0 aliphatic carbocycles. The molecule has 6 nitrogen and oxygen atoms in total. The fraction of sp³-hybridized carbons (Fsp3) is 0.250. The van der Waals surface area contributed by atoms with E-state index in [0.717, 1.165) is 11.3 Å². The van der Waals surface area contributed by atoms with Gasteiger partial charge < -0.3 is 9.47 Å². The van der Waals surface area contributed by atoms with Crippen LogP contribution in [0, 0.1) is 0 Å². The van der Waals surface area contributed by atoms with Crippen molar-refractivity contribution in [1.29, 1.82) is 0 Å². The number of rotatable bonds is 6. The van der Waals surface area contributed by atoms with Gasteiger partial charge in [-0.05, 0) is 23.8 Å². The average molecular weight is 387 g/mol. The van der Waals surface area contributed by atoms with Gasteiger partial charge in [0.15, 0.2) is 6.61 Å². The molecule has 0 aromatic heterocycles. The molecule has 0 saturated carbocycles. The summed E-state index contributed by atoms with van der Waals surface area (Å²) in [6.45, 7) is 0.121. The zero-order valence-corrected chi connectivity index (χ0v) is 15.6. The number of amides is 1. The van der Waals surface area contributed by atoms with Gasteiger partial charge in [-0.2, -0.15) is 5.10 Å². The number of halogens is 1. The molecule has 0 radical (unpaired) electrons. The van der Waals surface area contributed by atoms with Crippen LogP contribution >= 0.6 is 11.6 Å². The summed E-state index contributed by atoms with van der Waals surface area (Å²) in [6.07, 6.45) is 0.638. The van der Waals surface area contributed by atoms with Crippen molar-refractivity contribution in [3.05, 3.63) is 64.7 Å². The second kappa shape index (κ2) is 8.68. The van der Waals surface area contributed by atoms with Gasteiger partial charge in [0.1, 0.15) is 5.75 Å². The number of hydrogen-bond donors (Lipinski definition) is 0. The highest BCUT2D eigenvalue weighted by molar-refractivity contribution is 6.30. The van der Waals surface area contributed by atoms with E-state index in [-0.39, 0.29) is 18.9 Å². The summed E-state index contributed by atoms with van der Waals surface area (Å²) in [5.41, 5.74) is 2.43. The van der Waals surface area contributed by atoms with E-state index in [0.29, 0.717) is 29.3 Å². The summed E-state index contributed by atoms with van der Waals surface area (Å²) in [6, 6.07) is 14.7. The number of benzene rings is 2. The monoisotopic (exact) mass is 386 g/mol. The van der Waals surface area contributed by atoms with Gasteiger partial charge in [-0.15, -0.1) is 0 Å². The van der Waals surface area contributed by atoms with Crippen LogP contribution in [0.1, 0.15) is 17.5 Å². The number of hydrogen-bond acceptors (Lipinski definition) is 5. The fourth-order valence-corrected chi connectivity index (χ4v) is 2.97. The molecule has 1 aliphatic heterocycles. The lowest BCUT2D eigenvalue weighted by atomic mass is 10.1. The fourth-order valence-electron chi connectivity index (χ4n) is 2.78. The van der Waals surface area contributed by atoms with Crippen LogP contribution in [0.3, 0.4) is 0 Å². The standard InChI is InChI=1S/C20H19ClN2O4/c1-26-18-8-7-16(21)11-15(18)12-20(25)27-13-19(24)23-10-9-17(22-23)14-5-3-2-4-6-14/h2-8,11H,9-10,12-13H2,1H3. The normalized spacial score (nSPS) is 13.3. The second-order valence-corrected chi connectivity index (χ2v) is 6.41. The molecule has 27 heavy (non-hydrogen) atoms. The molecule has 1 amide bonds. The first-order valence-electron chi connectivity index (χ1n) is 8.48. The van der Waals surface area contributed by atoms with Crippen molar-refractivity contribution in [2.45, 2.75) is 12.8 Å².